The van der Waals surface area contributed by atoms with Gasteiger partial charge in [0.15, 0.2) is 0 Å². The van der Waals surface area contributed by atoms with Crippen LogP contribution in [0.2, 0.25) is 5.02 Å². The number of aromatic nitrogens is 2. The van der Waals surface area contributed by atoms with E-state index in [9.17, 15) is 4.79 Å². The number of benzene rings is 3. The van der Waals surface area contributed by atoms with Gasteiger partial charge in [-0.15, -0.1) is 0 Å². The molecular formula is C26H26ClN3O2. The van der Waals surface area contributed by atoms with Gasteiger partial charge in [-0.1, -0.05) is 60.1 Å². The number of amides is 1. The first-order valence-electron chi connectivity index (χ1n) is 10.7. The second kappa shape index (κ2) is 9.88. The van der Waals surface area contributed by atoms with Crippen molar-refractivity contribution in [1.82, 2.24) is 14.9 Å². The number of hydrogen-bond donors (Lipinski definition) is 1. The Morgan fingerprint density at radius 1 is 1.06 bits per heavy atom. The highest BCUT2D eigenvalue weighted by molar-refractivity contribution is 6.32. The van der Waals surface area contributed by atoms with E-state index >= 15 is 0 Å². The van der Waals surface area contributed by atoms with Gasteiger partial charge in [0.1, 0.15) is 18.2 Å². The van der Waals surface area contributed by atoms with E-state index < -0.39 is 0 Å². The van der Waals surface area contributed by atoms with E-state index in [1.165, 1.54) is 0 Å². The van der Waals surface area contributed by atoms with Gasteiger partial charge in [-0.2, -0.15) is 0 Å². The molecule has 5 nitrogen and oxygen atoms in total. The van der Waals surface area contributed by atoms with Crippen LogP contribution in [0.5, 0.6) is 5.75 Å². The number of halogens is 1. The van der Waals surface area contributed by atoms with Crippen molar-refractivity contribution in [1.29, 1.82) is 0 Å². The smallest absolute Gasteiger partial charge is 0.225 e. The van der Waals surface area contributed by atoms with Gasteiger partial charge < -0.3 is 14.6 Å². The summed E-state index contributed by atoms with van der Waals surface area (Å²) < 4.78 is 8.00. The zero-order chi connectivity index (χ0) is 22.5. The van der Waals surface area contributed by atoms with Gasteiger partial charge in [-0.05, 0) is 49.2 Å². The van der Waals surface area contributed by atoms with Crippen LogP contribution in [0.3, 0.4) is 0 Å². The molecule has 0 saturated heterocycles. The largest absolute Gasteiger partial charge is 0.490 e. The fourth-order valence-corrected chi connectivity index (χ4v) is 4.00. The minimum absolute atomic E-state index is 0.0299. The predicted molar refractivity (Wildman–Crippen MR) is 128 cm³/mol. The monoisotopic (exact) mass is 447 g/mol. The van der Waals surface area contributed by atoms with Crippen LogP contribution in [-0.4, -0.2) is 22.1 Å². The van der Waals surface area contributed by atoms with Crippen LogP contribution in [0.15, 0.2) is 72.8 Å². The predicted octanol–water partition coefficient (Wildman–Crippen LogP) is 5.50. The van der Waals surface area contributed by atoms with E-state index in [0.29, 0.717) is 30.3 Å². The SMILES string of the molecule is Cc1ccccc1CC(=O)NC(C)c1nc2ccccc2n1CCOc1ccccc1Cl. The quantitative estimate of drug-likeness (QED) is 0.388. The third kappa shape index (κ3) is 4.94. The Morgan fingerprint density at radius 3 is 2.59 bits per heavy atom. The second-order valence-electron chi connectivity index (χ2n) is 7.78. The molecule has 0 aliphatic carbocycles. The molecule has 0 radical (unpaired) electrons. The Bertz CT molecular complexity index is 1230. The molecule has 32 heavy (non-hydrogen) atoms. The van der Waals surface area contributed by atoms with Gasteiger partial charge >= 0.3 is 0 Å². The molecule has 4 rings (SSSR count). The number of para-hydroxylation sites is 3. The van der Waals surface area contributed by atoms with Crippen molar-refractivity contribution in [3.63, 3.8) is 0 Å². The second-order valence-corrected chi connectivity index (χ2v) is 8.19. The molecule has 6 heteroatoms. The minimum atomic E-state index is -0.251. The molecule has 4 aromatic rings. The van der Waals surface area contributed by atoms with Crippen LogP contribution in [0, 0.1) is 6.92 Å². The van der Waals surface area contributed by atoms with Gasteiger partial charge in [-0.3, -0.25) is 4.79 Å². The maximum absolute atomic E-state index is 12.7. The fraction of sp³-hybridized carbons (Fsp3) is 0.231. The summed E-state index contributed by atoms with van der Waals surface area (Å²) in [6, 6.07) is 23.1. The van der Waals surface area contributed by atoms with Crippen molar-refractivity contribution in [3.8, 4) is 5.75 Å². The molecule has 1 heterocycles. The average molecular weight is 448 g/mol. The van der Waals surface area contributed by atoms with Crippen molar-refractivity contribution in [2.75, 3.05) is 6.61 Å². The lowest BCUT2D eigenvalue weighted by atomic mass is 10.1. The summed E-state index contributed by atoms with van der Waals surface area (Å²) in [6.45, 7) is 4.99. The first kappa shape index (κ1) is 21.9. The lowest BCUT2D eigenvalue weighted by Gasteiger charge is -2.17. The standard InChI is InChI=1S/C26H26ClN3O2/c1-18-9-3-4-10-20(18)17-25(31)28-19(2)26-29-22-12-6-7-13-23(22)30(26)15-16-32-24-14-8-5-11-21(24)27/h3-14,19H,15-17H2,1-2H3,(H,28,31). The molecule has 1 aromatic heterocycles. The van der Waals surface area contributed by atoms with Crippen LogP contribution in [0.4, 0.5) is 0 Å². The summed E-state index contributed by atoms with van der Waals surface area (Å²) in [5, 5.41) is 3.69. The number of aryl methyl sites for hydroxylation is 1. The Kier molecular flexibility index (Phi) is 6.76. The van der Waals surface area contributed by atoms with Crippen LogP contribution >= 0.6 is 11.6 Å². The third-order valence-corrected chi connectivity index (χ3v) is 5.78. The number of nitrogens with zero attached hydrogens (tertiary/aromatic N) is 2. The van der Waals surface area contributed by atoms with Gasteiger partial charge in [0.2, 0.25) is 5.91 Å². The zero-order valence-corrected chi connectivity index (χ0v) is 19.0. The Labute approximate surface area is 193 Å². The molecule has 0 aliphatic rings. The van der Waals surface area contributed by atoms with E-state index in [1.807, 2.05) is 80.6 Å². The van der Waals surface area contributed by atoms with Gasteiger partial charge in [0.25, 0.3) is 0 Å². The minimum Gasteiger partial charge on any atom is -0.490 e. The number of ether oxygens (including phenoxy) is 1. The van der Waals surface area contributed by atoms with E-state index in [4.69, 9.17) is 21.3 Å². The summed E-state index contributed by atoms with van der Waals surface area (Å²) in [7, 11) is 0. The van der Waals surface area contributed by atoms with E-state index in [0.717, 1.165) is 28.0 Å². The highest BCUT2D eigenvalue weighted by Gasteiger charge is 2.19. The van der Waals surface area contributed by atoms with Crippen molar-refractivity contribution in [3.05, 3.63) is 94.8 Å². The Balaban J connectivity index is 1.50. The molecule has 0 aliphatic heterocycles. The number of hydrogen-bond acceptors (Lipinski definition) is 3. The molecule has 164 valence electrons. The number of fused-ring (bicyclic) bond motifs is 1. The molecule has 0 bridgehead atoms. The van der Waals surface area contributed by atoms with Crippen molar-refractivity contribution in [2.45, 2.75) is 32.9 Å². The van der Waals surface area contributed by atoms with Crippen LogP contribution in [0.25, 0.3) is 11.0 Å². The van der Waals surface area contributed by atoms with E-state index in [1.54, 1.807) is 6.07 Å². The van der Waals surface area contributed by atoms with E-state index in [2.05, 4.69) is 9.88 Å². The summed E-state index contributed by atoms with van der Waals surface area (Å²) in [4.78, 5) is 17.5. The number of carbonyl (C=O) groups is 1. The van der Waals surface area contributed by atoms with Crippen molar-refractivity contribution in [2.24, 2.45) is 0 Å². The number of nitrogens with one attached hydrogen (secondary N) is 1. The molecule has 1 N–H and O–H groups in total. The average Bonchev–Trinajstić information content (AvgIpc) is 3.15. The number of rotatable bonds is 8. The first-order valence-corrected chi connectivity index (χ1v) is 11.1. The van der Waals surface area contributed by atoms with Crippen molar-refractivity contribution < 1.29 is 9.53 Å². The molecule has 1 amide bonds. The molecule has 0 saturated carbocycles. The van der Waals surface area contributed by atoms with Gasteiger partial charge in [0.05, 0.1) is 35.1 Å². The maximum atomic E-state index is 12.7. The fourth-order valence-electron chi connectivity index (χ4n) is 3.81. The number of carbonyl (C=O) groups excluding carboxylic acids is 1. The summed E-state index contributed by atoms with van der Waals surface area (Å²) in [5.41, 5.74) is 4.03. The van der Waals surface area contributed by atoms with Crippen molar-refractivity contribution >= 4 is 28.5 Å². The molecular weight excluding hydrogens is 422 g/mol. The lowest BCUT2D eigenvalue weighted by molar-refractivity contribution is -0.121. The highest BCUT2D eigenvalue weighted by Crippen LogP contribution is 2.24. The van der Waals surface area contributed by atoms with Crippen LogP contribution in [0.1, 0.15) is 29.9 Å². The number of imidazole rings is 1. The Morgan fingerprint density at radius 2 is 1.78 bits per heavy atom. The Hall–Kier alpha value is -3.31. The molecule has 1 unspecified atom stereocenters. The molecule has 1 atom stereocenters. The zero-order valence-electron chi connectivity index (χ0n) is 18.2. The lowest BCUT2D eigenvalue weighted by Crippen LogP contribution is -2.30. The summed E-state index contributed by atoms with van der Waals surface area (Å²) >= 11 is 6.20. The third-order valence-electron chi connectivity index (χ3n) is 5.47. The normalized spacial score (nSPS) is 12.0. The van der Waals surface area contributed by atoms with Crippen LogP contribution < -0.4 is 10.1 Å². The van der Waals surface area contributed by atoms with Gasteiger partial charge in [0, 0.05) is 0 Å². The molecule has 0 fully saturated rings. The topological polar surface area (TPSA) is 56.2 Å². The summed E-state index contributed by atoms with van der Waals surface area (Å²) in [6.07, 6.45) is 0.340. The molecule has 3 aromatic carbocycles. The van der Waals surface area contributed by atoms with Gasteiger partial charge in [-0.25, -0.2) is 4.98 Å². The van der Waals surface area contributed by atoms with E-state index in [-0.39, 0.29) is 11.9 Å². The van der Waals surface area contributed by atoms with Crippen LogP contribution in [-0.2, 0) is 17.8 Å². The maximum Gasteiger partial charge on any atom is 0.225 e. The molecule has 0 spiro atoms. The highest BCUT2D eigenvalue weighted by atomic mass is 35.5. The first-order chi connectivity index (χ1) is 15.5. The summed E-state index contributed by atoms with van der Waals surface area (Å²) in [5.74, 6) is 1.42.